The van der Waals surface area contributed by atoms with E-state index in [2.05, 4.69) is 69.1 Å². The predicted octanol–water partition coefficient (Wildman–Crippen LogP) is 3.30. The van der Waals surface area contributed by atoms with E-state index in [-0.39, 0.29) is 11.5 Å². The molecular weight excluding hydrogens is 290 g/mol. The molecule has 0 amide bonds. The molecule has 0 aromatic heterocycles. The monoisotopic (exact) mass is 321 g/mol. The Labute approximate surface area is 137 Å². The number of rotatable bonds is 5. The third-order valence-corrected chi connectivity index (χ3v) is 4.97. The number of ether oxygens (including phenoxy) is 1. The van der Waals surface area contributed by atoms with E-state index in [0.29, 0.717) is 6.04 Å². The smallest absolute Gasteiger partial charge is 0.171 e. The topological polar surface area (TPSA) is 21.7 Å². The van der Waals surface area contributed by atoms with Crippen molar-refractivity contribution in [1.29, 1.82) is 0 Å². The van der Waals surface area contributed by atoms with Crippen LogP contribution < -0.4 is 0 Å². The highest BCUT2D eigenvalue weighted by molar-refractivity contribution is 6.48. The predicted molar refractivity (Wildman–Crippen MR) is 94.7 cm³/mol. The molecule has 3 nitrogen and oxygen atoms in total. The minimum absolute atomic E-state index is 0.123. The third kappa shape index (κ3) is 4.91. The van der Waals surface area contributed by atoms with E-state index in [0.717, 1.165) is 26.3 Å². The summed E-state index contributed by atoms with van der Waals surface area (Å²) in [6, 6.07) is 11.1. The van der Waals surface area contributed by atoms with Crippen LogP contribution in [0.3, 0.4) is 0 Å². The van der Waals surface area contributed by atoms with Gasteiger partial charge in [-0.1, -0.05) is 51.1 Å². The van der Waals surface area contributed by atoms with Crippen LogP contribution in [0.5, 0.6) is 0 Å². The summed E-state index contributed by atoms with van der Waals surface area (Å²) in [4.78, 5) is 2.55. The zero-order chi connectivity index (χ0) is 16.2. The minimum Gasteiger partial charge on any atom is -0.415 e. The zero-order valence-electron chi connectivity index (χ0n) is 14.7. The molecule has 1 aliphatic heterocycles. The van der Waals surface area contributed by atoms with Crippen molar-refractivity contribution in [2.75, 3.05) is 19.8 Å². The Morgan fingerprint density at radius 3 is 2.55 bits per heavy atom. The highest BCUT2D eigenvalue weighted by Crippen LogP contribution is 2.30. The molecule has 0 radical (unpaired) electrons. The molecule has 1 aromatic rings. The van der Waals surface area contributed by atoms with Gasteiger partial charge in [0.25, 0.3) is 0 Å². The van der Waals surface area contributed by atoms with Gasteiger partial charge in [0.2, 0.25) is 0 Å². The highest BCUT2D eigenvalue weighted by Gasteiger charge is 2.38. The SMILES string of the molecule is C[SiH](C)OC([C@@H]1COCCN1Cc1ccccc1)C(C)(C)C. The van der Waals surface area contributed by atoms with Crippen molar-refractivity contribution in [1.82, 2.24) is 4.90 Å². The fourth-order valence-electron chi connectivity index (χ4n) is 3.12. The molecule has 0 N–H and O–H groups in total. The molecule has 1 saturated heterocycles. The van der Waals surface area contributed by atoms with Crippen molar-refractivity contribution < 1.29 is 9.16 Å². The van der Waals surface area contributed by atoms with Gasteiger partial charge in [-0.15, -0.1) is 0 Å². The first-order valence-corrected chi connectivity index (χ1v) is 11.2. The van der Waals surface area contributed by atoms with Crippen molar-refractivity contribution in [2.45, 2.75) is 52.6 Å². The lowest BCUT2D eigenvalue weighted by Gasteiger charge is -2.45. The Hall–Kier alpha value is -0.683. The summed E-state index contributed by atoms with van der Waals surface area (Å²) in [7, 11) is -1.09. The van der Waals surface area contributed by atoms with E-state index >= 15 is 0 Å². The van der Waals surface area contributed by atoms with Crippen molar-refractivity contribution >= 4 is 9.04 Å². The molecule has 1 unspecified atom stereocenters. The summed E-state index contributed by atoms with van der Waals surface area (Å²) in [6.45, 7) is 14.9. The maximum Gasteiger partial charge on any atom is 0.171 e. The Morgan fingerprint density at radius 1 is 1.27 bits per heavy atom. The molecule has 4 heteroatoms. The van der Waals surface area contributed by atoms with Crippen molar-refractivity contribution in [3.8, 4) is 0 Å². The number of hydrogen-bond donors (Lipinski definition) is 0. The second kappa shape index (κ2) is 7.73. The van der Waals surface area contributed by atoms with E-state index < -0.39 is 9.04 Å². The summed E-state index contributed by atoms with van der Waals surface area (Å²) >= 11 is 0. The molecule has 22 heavy (non-hydrogen) atoms. The Bertz CT molecular complexity index is 444. The molecule has 1 fully saturated rings. The molecular formula is C18H31NO2Si. The number of hydrogen-bond acceptors (Lipinski definition) is 3. The van der Waals surface area contributed by atoms with Crippen LogP contribution in [0.4, 0.5) is 0 Å². The van der Waals surface area contributed by atoms with Gasteiger partial charge in [0.05, 0.1) is 25.4 Å². The molecule has 2 rings (SSSR count). The molecule has 0 saturated carbocycles. The summed E-state index contributed by atoms with van der Waals surface area (Å²) in [5, 5.41) is 0. The number of morpholine rings is 1. The number of benzene rings is 1. The second-order valence-electron chi connectivity index (χ2n) is 7.57. The van der Waals surface area contributed by atoms with Gasteiger partial charge in [-0.25, -0.2) is 0 Å². The Kier molecular flexibility index (Phi) is 6.21. The van der Waals surface area contributed by atoms with Gasteiger partial charge in [-0.2, -0.15) is 0 Å². The average molecular weight is 322 g/mol. The van der Waals surface area contributed by atoms with Crippen LogP contribution in [0.1, 0.15) is 26.3 Å². The summed E-state index contributed by atoms with van der Waals surface area (Å²) in [5.74, 6) is 0. The van der Waals surface area contributed by atoms with Crippen LogP contribution in [0.2, 0.25) is 13.1 Å². The van der Waals surface area contributed by atoms with E-state index in [1.165, 1.54) is 5.56 Å². The van der Waals surface area contributed by atoms with Crippen LogP contribution in [0.15, 0.2) is 30.3 Å². The average Bonchev–Trinajstić information content (AvgIpc) is 2.45. The first-order chi connectivity index (χ1) is 10.4. The quantitative estimate of drug-likeness (QED) is 0.777. The zero-order valence-corrected chi connectivity index (χ0v) is 15.9. The fourth-order valence-corrected chi connectivity index (χ4v) is 4.29. The third-order valence-electron chi connectivity index (χ3n) is 4.13. The van der Waals surface area contributed by atoms with E-state index in [9.17, 15) is 0 Å². The van der Waals surface area contributed by atoms with Crippen LogP contribution in [-0.4, -0.2) is 45.8 Å². The molecule has 0 bridgehead atoms. The van der Waals surface area contributed by atoms with Gasteiger partial charge in [-0.05, 0) is 24.1 Å². The van der Waals surface area contributed by atoms with Gasteiger partial charge in [0.1, 0.15) is 0 Å². The molecule has 1 aliphatic rings. The molecule has 0 spiro atoms. The lowest BCUT2D eigenvalue weighted by Crippen LogP contribution is -2.56. The fraction of sp³-hybridized carbons (Fsp3) is 0.667. The first kappa shape index (κ1) is 17.7. The van der Waals surface area contributed by atoms with Crippen molar-refractivity contribution in [3.63, 3.8) is 0 Å². The van der Waals surface area contributed by atoms with E-state index in [1.807, 2.05) is 0 Å². The number of nitrogens with zero attached hydrogens (tertiary/aromatic N) is 1. The molecule has 1 aromatic carbocycles. The minimum atomic E-state index is -1.09. The second-order valence-corrected chi connectivity index (χ2v) is 9.94. The van der Waals surface area contributed by atoms with Gasteiger partial charge in [0, 0.05) is 13.1 Å². The maximum absolute atomic E-state index is 6.44. The summed E-state index contributed by atoms with van der Waals surface area (Å²) in [5.41, 5.74) is 1.49. The molecule has 0 aliphatic carbocycles. The van der Waals surface area contributed by atoms with Gasteiger partial charge >= 0.3 is 0 Å². The van der Waals surface area contributed by atoms with Crippen LogP contribution in [-0.2, 0) is 15.7 Å². The normalized spacial score (nSPS) is 22.0. The lowest BCUT2D eigenvalue weighted by molar-refractivity contribution is -0.0840. The van der Waals surface area contributed by atoms with Gasteiger partial charge < -0.3 is 9.16 Å². The van der Waals surface area contributed by atoms with Crippen LogP contribution in [0.25, 0.3) is 0 Å². The first-order valence-electron chi connectivity index (χ1n) is 8.39. The largest absolute Gasteiger partial charge is 0.415 e. The summed E-state index contributed by atoms with van der Waals surface area (Å²) < 4.78 is 12.2. The Morgan fingerprint density at radius 2 is 1.95 bits per heavy atom. The maximum atomic E-state index is 6.44. The molecule has 1 heterocycles. The summed E-state index contributed by atoms with van der Waals surface area (Å²) in [6.07, 6.45) is 0.225. The van der Waals surface area contributed by atoms with Gasteiger partial charge in [0.15, 0.2) is 9.04 Å². The highest BCUT2D eigenvalue weighted by atomic mass is 28.3. The van der Waals surface area contributed by atoms with Crippen molar-refractivity contribution in [2.24, 2.45) is 5.41 Å². The standard InChI is InChI=1S/C18H31NO2Si/c1-18(2,3)17(21-22(4)5)16-14-20-12-11-19(16)13-15-9-7-6-8-10-15/h6-10,16-17,22H,11-14H2,1-5H3/t16-,17?/m0/s1. The van der Waals surface area contributed by atoms with Gasteiger partial charge in [-0.3, -0.25) is 4.90 Å². The van der Waals surface area contributed by atoms with Crippen LogP contribution in [0, 0.1) is 5.41 Å². The molecule has 2 atom stereocenters. The molecule has 124 valence electrons. The van der Waals surface area contributed by atoms with Crippen LogP contribution >= 0.6 is 0 Å². The van der Waals surface area contributed by atoms with Crippen molar-refractivity contribution in [3.05, 3.63) is 35.9 Å². The van der Waals surface area contributed by atoms with E-state index in [4.69, 9.17) is 9.16 Å². The Balaban J connectivity index is 2.16. The lowest BCUT2D eigenvalue weighted by atomic mass is 9.84. The van der Waals surface area contributed by atoms with E-state index in [1.54, 1.807) is 0 Å².